The van der Waals surface area contributed by atoms with Crippen molar-refractivity contribution in [3.63, 3.8) is 0 Å². The summed E-state index contributed by atoms with van der Waals surface area (Å²) in [4.78, 5) is 27.8. The lowest BCUT2D eigenvalue weighted by molar-refractivity contribution is -0.115. The van der Waals surface area contributed by atoms with Crippen molar-refractivity contribution >= 4 is 17.5 Å². The molecule has 0 fully saturated rings. The number of carbonyl (C=O) groups is 2. The van der Waals surface area contributed by atoms with Gasteiger partial charge in [-0.05, 0) is 48.9 Å². The van der Waals surface area contributed by atoms with Crippen LogP contribution in [-0.4, -0.2) is 26.6 Å². The number of nitrogens with zero attached hydrogens (tertiary/aromatic N) is 4. The number of benzene rings is 2. The molecule has 1 atom stereocenters. The zero-order valence-corrected chi connectivity index (χ0v) is 15.2. The van der Waals surface area contributed by atoms with Crippen LogP contribution in [0.3, 0.4) is 0 Å². The summed E-state index contributed by atoms with van der Waals surface area (Å²) in [6.07, 6.45) is 2.87. The van der Waals surface area contributed by atoms with Gasteiger partial charge in [-0.25, -0.2) is 9.67 Å². The fourth-order valence-electron chi connectivity index (χ4n) is 2.60. The molecular formula is C20H18N6O2. The van der Waals surface area contributed by atoms with Crippen molar-refractivity contribution in [3.8, 4) is 11.8 Å². The summed E-state index contributed by atoms with van der Waals surface area (Å²) in [5.74, 6) is -0.606. The average molecular weight is 374 g/mol. The number of anilines is 1. The standard InChI is InChI=1S/C20H18N6O2/c1-14(15-4-8-18(9-5-15)26-13-22-12-23-26)24-20(28)16-2-6-17(7-3-16)25-19(27)10-11-21/h2-9,12-14H,10H2,1H3,(H,24,28)(H,25,27)/t14-/m1/s1. The molecule has 1 aromatic heterocycles. The van der Waals surface area contributed by atoms with Gasteiger partial charge >= 0.3 is 0 Å². The SMILES string of the molecule is C[C@@H](NC(=O)c1ccc(NC(=O)CC#N)cc1)c1ccc(-n2cncn2)cc1. The Labute approximate surface area is 161 Å². The van der Waals surface area contributed by atoms with Gasteiger partial charge in [-0.3, -0.25) is 9.59 Å². The molecular weight excluding hydrogens is 356 g/mol. The molecule has 0 saturated carbocycles. The quantitative estimate of drug-likeness (QED) is 0.689. The predicted octanol–water partition coefficient (Wildman–Crippen LogP) is 2.61. The fourth-order valence-corrected chi connectivity index (χ4v) is 2.60. The molecule has 0 aliphatic rings. The van der Waals surface area contributed by atoms with E-state index in [9.17, 15) is 9.59 Å². The summed E-state index contributed by atoms with van der Waals surface area (Å²) in [6.45, 7) is 1.90. The van der Waals surface area contributed by atoms with E-state index < -0.39 is 0 Å². The van der Waals surface area contributed by atoms with E-state index in [1.54, 1.807) is 41.3 Å². The van der Waals surface area contributed by atoms with Gasteiger partial charge in [-0.2, -0.15) is 10.4 Å². The van der Waals surface area contributed by atoms with Crippen molar-refractivity contribution in [3.05, 3.63) is 72.3 Å². The summed E-state index contributed by atoms with van der Waals surface area (Å²) >= 11 is 0. The number of amides is 2. The minimum absolute atomic E-state index is 0.188. The van der Waals surface area contributed by atoms with E-state index in [4.69, 9.17) is 5.26 Å². The molecule has 1 heterocycles. The molecule has 0 unspecified atom stereocenters. The second-order valence-corrected chi connectivity index (χ2v) is 6.09. The van der Waals surface area contributed by atoms with Crippen LogP contribution >= 0.6 is 0 Å². The predicted molar refractivity (Wildman–Crippen MR) is 103 cm³/mol. The lowest BCUT2D eigenvalue weighted by atomic mass is 10.1. The normalized spacial score (nSPS) is 11.3. The van der Waals surface area contributed by atoms with E-state index >= 15 is 0 Å². The third kappa shape index (κ3) is 4.59. The van der Waals surface area contributed by atoms with Crippen molar-refractivity contribution < 1.29 is 9.59 Å². The van der Waals surface area contributed by atoms with Crippen LogP contribution in [0.25, 0.3) is 5.69 Å². The maximum Gasteiger partial charge on any atom is 0.251 e. The maximum atomic E-state index is 12.5. The van der Waals surface area contributed by atoms with Crippen molar-refractivity contribution in [2.75, 3.05) is 5.32 Å². The minimum atomic E-state index is -0.386. The smallest absolute Gasteiger partial charge is 0.251 e. The van der Waals surface area contributed by atoms with Crippen LogP contribution in [0.15, 0.2) is 61.2 Å². The van der Waals surface area contributed by atoms with E-state index in [0.29, 0.717) is 11.3 Å². The van der Waals surface area contributed by atoms with Gasteiger partial charge < -0.3 is 10.6 Å². The molecule has 140 valence electrons. The van der Waals surface area contributed by atoms with Crippen molar-refractivity contribution in [1.29, 1.82) is 5.26 Å². The van der Waals surface area contributed by atoms with Crippen LogP contribution in [0.2, 0.25) is 0 Å². The first-order valence-electron chi connectivity index (χ1n) is 8.59. The van der Waals surface area contributed by atoms with Crippen molar-refractivity contribution in [2.45, 2.75) is 19.4 Å². The number of aromatic nitrogens is 3. The molecule has 28 heavy (non-hydrogen) atoms. The first-order valence-corrected chi connectivity index (χ1v) is 8.59. The van der Waals surface area contributed by atoms with Gasteiger partial charge in [0.1, 0.15) is 19.1 Å². The Kier molecular flexibility index (Phi) is 5.77. The van der Waals surface area contributed by atoms with Gasteiger partial charge in [-0.15, -0.1) is 0 Å². The van der Waals surface area contributed by atoms with Gasteiger partial charge in [-0.1, -0.05) is 12.1 Å². The molecule has 0 spiro atoms. The summed E-state index contributed by atoms with van der Waals surface area (Å²) in [5, 5.41) is 18.1. The van der Waals surface area contributed by atoms with E-state index in [1.807, 2.05) is 31.2 Å². The first kappa shape index (κ1) is 18.8. The Balaban J connectivity index is 1.61. The Morgan fingerprint density at radius 2 is 1.86 bits per heavy atom. The molecule has 2 amide bonds. The zero-order chi connectivity index (χ0) is 19.9. The summed E-state index contributed by atoms with van der Waals surface area (Å²) in [5.41, 5.74) is 2.85. The van der Waals surface area contributed by atoms with Gasteiger partial charge in [0.05, 0.1) is 17.8 Å². The average Bonchev–Trinajstić information content (AvgIpc) is 3.23. The van der Waals surface area contributed by atoms with Crippen molar-refractivity contribution in [1.82, 2.24) is 20.1 Å². The molecule has 8 nitrogen and oxygen atoms in total. The molecule has 3 aromatic rings. The highest BCUT2D eigenvalue weighted by Gasteiger charge is 2.12. The molecule has 0 aliphatic carbocycles. The Hall–Kier alpha value is -3.99. The Bertz CT molecular complexity index is 989. The number of nitrogens with one attached hydrogen (secondary N) is 2. The zero-order valence-electron chi connectivity index (χ0n) is 15.2. The third-order valence-electron chi connectivity index (χ3n) is 4.09. The van der Waals surface area contributed by atoms with E-state index in [1.165, 1.54) is 6.33 Å². The Morgan fingerprint density at radius 3 is 2.46 bits per heavy atom. The summed E-state index contributed by atoms with van der Waals surface area (Å²) < 4.78 is 1.66. The fraction of sp³-hybridized carbons (Fsp3) is 0.150. The molecule has 0 aliphatic heterocycles. The van der Waals surface area contributed by atoms with Crippen molar-refractivity contribution in [2.24, 2.45) is 0 Å². The molecule has 3 rings (SSSR count). The van der Waals surface area contributed by atoms with Crippen LogP contribution in [0.1, 0.15) is 35.3 Å². The second kappa shape index (κ2) is 8.60. The second-order valence-electron chi connectivity index (χ2n) is 6.09. The van der Waals surface area contributed by atoms with E-state index in [2.05, 4.69) is 20.7 Å². The van der Waals surface area contributed by atoms with Crippen LogP contribution < -0.4 is 10.6 Å². The van der Waals surface area contributed by atoms with Gasteiger partial charge in [0, 0.05) is 11.3 Å². The highest BCUT2D eigenvalue weighted by Crippen LogP contribution is 2.16. The number of hydrogen-bond acceptors (Lipinski definition) is 5. The van der Waals surface area contributed by atoms with Gasteiger partial charge in [0.15, 0.2) is 0 Å². The molecule has 8 heteroatoms. The molecule has 0 radical (unpaired) electrons. The topological polar surface area (TPSA) is 113 Å². The molecule has 0 bridgehead atoms. The van der Waals surface area contributed by atoms with E-state index in [0.717, 1.165) is 11.3 Å². The molecule has 0 saturated heterocycles. The highest BCUT2D eigenvalue weighted by atomic mass is 16.2. The van der Waals surface area contributed by atoms with Crippen LogP contribution in [0.4, 0.5) is 5.69 Å². The number of carbonyl (C=O) groups excluding carboxylic acids is 2. The minimum Gasteiger partial charge on any atom is -0.346 e. The Morgan fingerprint density at radius 1 is 1.14 bits per heavy atom. The van der Waals surface area contributed by atoms with Gasteiger partial charge in [0.2, 0.25) is 5.91 Å². The largest absolute Gasteiger partial charge is 0.346 e. The monoisotopic (exact) mass is 374 g/mol. The number of rotatable bonds is 6. The molecule has 2 N–H and O–H groups in total. The molecule has 2 aromatic carbocycles. The summed E-state index contributed by atoms with van der Waals surface area (Å²) in [6, 6.07) is 15.8. The lowest BCUT2D eigenvalue weighted by Gasteiger charge is -2.15. The first-order chi connectivity index (χ1) is 13.6. The number of nitriles is 1. The van der Waals surface area contributed by atoms with E-state index in [-0.39, 0.29) is 24.3 Å². The number of hydrogen-bond donors (Lipinski definition) is 2. The summed E-state index contributed by atoms with van der Waals surface area (Å²) in [7, 11) is 0. The third-order valence-corrected chi connectivity index (χ3v) is 4.09. The maximum absolute atomic E-state index is 12.5. The van der Waals surface area contributed by atoms with Crippen LogP contribution in [0, 0.1) is 11.3 Å². The lowest BCUT2D eigenvalue weighted by Crippen LogP contribution is -2.26. The highest BCUT2D eigenvalue weighted by molar-refractivity contribution is 5.96. The van der Waals surface area contributed by atoms with Crippen LogP contribution in [-0.2, 0) is 4.79 Å². The van der Waals surface area contributed by atoms with Crippen LogP contribution in [0.5, 0.6) is 0 Å². The van der Waals surface area contributed by atoms with Gasteiger partial charge in [0.25, 0.3) is 5.91 Å².